The van der Waals surface area contributed by atoms with Crippen molar-refractivity contribution in [3.05, 3.63) is 69.7 Å². The summed E-state index contributed by atoms with van der Waals surface area (Å²) in [6, 6.07) is 9.62. The maximum atomic E-state index is 13.7. The Labute approximate surface area is 152 Å². The molecule has 0 heterocycles. The predicted octanol–water partition coefficient (Wildman–Crippen LogP) is 3.17. The van der Waals surface area contributed by atoms with Gasteiger partial charge in [-0.1, -0.05) is 40.2 Å². The summed E-state index contributed by atoms with van der Waals surface area (Å²) < 4.78 is 32.8. The van der Waals surface area contributed by atoms with Crippen LogP contribution in [0.4, 0.5) is 8.78 Å². The molecule has 0 bridgehead atoms. The molecule has 0 saturated heterocycles. The third-order valence-corrected chi connectivity index (χ3v) is 4.38. The van der Waals surface area contributed by atoms with Crippen LogP contribution < -0.4 is 5.32 Å². The summed E-state index contributed by atoms with van der Waals surface area (Å²) in [5.74, 6) is -2.93. The molecular weight excluding hydrogens is 396 g/mol. The van der Waals surface area contributed by atoms with Crippen LogP contribution in [0.25, 0.3) is 0 Å². The van der Waals surface area contributed by atoms with Crippen LogP contribution in [0, 0.1) is 11.6 Å². The van der Waals surface area contributed by atoms with Gasteiger partial charge in [0.1, 0.15) is 17.7 Å². The summed E-state index contributed by atoms with van der Waals surface area (Å²) in [6.45, 7) is 0. The van der Waals surface area contributed by atoms with Crippen molar-refractivity contribution in [3.8, 4) is 0 Å². The molecule has 7 heteroatoms. The summed E-state index contributed by atoms with van der Waals surface area (Å²) >= 11 is 3.37. The highest BCUT2D eigenvalue weighted by Gasteiger charge is 2.24. The molecule has 25 heavy (non-hydrogen) atoms. The molecule has 132 valence electrons. The van der Waals surface area contributed by atoms with E-state index in [2.05, 4.69) is 21.2 Å². The van der Waals surface area contributed by atoms with E-state index in [1.807, 2.05) is 6.07 Å². The van der Waals surface area contributed by atoms with Gasteiger partial charge in [-0.15, -0.1) is 0 Å². The van der Waals surface area contributed by atoms with Gasteiger partial charge in [-0.2, -0.15) is 0 Å². The summed E-state index contributed by atoms with van der Waals surface area (Å²) in [7, 11) is 1.21. The van der Waals surface area contributed by atoms with Crippen LogP contribution in [0.2, 0.25) is 0 Å². The summed E-state index contributed by atoms with van der Waals surface area (Å²) in [5, 5.41) is 2.48. The SMILES string of the molecule is COC(=O)[C@H](Cc1ccccc1Br)NC(=O)Cc1c(F)cccc1F. The third kappa shape index (κ3) is 5.09. The highest BCUT2D eigenvalue weighted by Crippen LogP contribution is 2.18. The first-order valence-electron chi connectivity index (χ1n) is 7.46. The molecule has 2 aromatic carbocycles. The maximum absolute atomic E-state index is 13.7. The van der Waals surface area contributed by atoms with E-state index in [0.29, 0.717) is 0 Å². The topological polar surface area (TPSA) is 55.4 Å². The normalized spacial score (nSPS) is 11.7. The van der Waals surface area contributed by atoms with Crippen molar-refractivity contribution in [1.82, 2.24) is 5.32 Å². The van der Waals surface area contributed by atoms with Crippen LogP contribution in [0.5, 0.6) is 0 Å². The number of rotatable bonds is 6. The molecule has 0 aromatic heterocycles. The second-order valence-electron chi connectivity index (χ2n) is 5.32. The molecule has 2 rings (SSSR count). The van der Waals surface area contributed by atoms with Crippen LogP contribution in [0.3, 0.4) is 0 Å². The van der Waals surface area contributed by atoms with E-state index >= 15 is 0 Å². The molecule has 0 aliphatic heterocycles. The van der Waals surface area contributed by atoms with Crippen molar-refractivity contribution in [1.29, 1.82) is 0 Å². The Balaban J connectivity index is 2.13. The zero-order chi connectivity index (χ0) is 18.4. The Hall–Kier alpha value is -2.28. The molecule has 0 saturated carbocycles. The molecule has 2 aromatic rings. The van der Waals surface area contributed by atoms with Crippen molar-refractivity contribution >= 4 is 27.8 Å². The average Bonchev–Trinajstić information content (AvgIpc) is 2.59. The molecular formula is C18H16BrF2NO3. The Bertz CT molecular complexity index is 762. The number of benzene rings is 2. The number of hydrogen-bond donors (Lipinski definition) is 1. The third-order valence-electron chi connectivity index (χ3n) is 3.60. The van der Waals surface area contributed by atoms with Gasteiger partial charge in [-0.25, -0.2) is 13.6 Å². The van der Waals surface area contributed by atoms with Crippen LogP contribution in [-0.2, 0) is 27.2 Å². The Morgan fingerprint density at radius 1 is 1.12 bits per heavy atom. The van der Waals surface area contributed by atoms with Crippen molar-refractivity contribution < 1.29 is 23.1 Å². The zero-order valence-electron chi connectivity index (χ0n) is 13.4. The van der Waals surface area contributed by atoms with Crippen molar-refractivity contribution in [2.75, 3.05) is 7.11 Å². The molecule has 0 aliphatic carbocycles. The van der Waals surface area contributed by atoms with E-state index in [1.165, 1.54) is 13.2 Å². The minimum atomic E-state index is -0.967. The molecule has 1 amide bonds. The lowest BCUT2D eigenvalue weighted by Gasteiger charge is -2.17. The second kappa shape index (κ2) is 8.71. The number of nitrogens with one attached hydrogen (secondary N) is 1. The highest BCUT2D eigenvalue weighted by atomic mass is 79.9. The molecule has 0 fully saturated rings. The standard InChI is InChI=1S/C18H16BrF2NO3/c1-25-18(24)16(9-11-5-2-3-6-13(11)19)22-17(23)10-12-14(20)7-4-8-15(12)21/h2-8,16H,9-10H2,1H3,(H,22,23)/t16-/m0/s1. The number of ether oxygens (including phenoxy) is 1. The molecule has 0 unspecified atom stereocenters. The van der Waals surface area contributed by atoms with E-state index in [0.717, 1.165) is 22.2 Å². The first-order chi connectivity index (χ1) is 11.9. The van der Waals surface area contributed by atoms with Gasteiger partial charge < -0.3 is 10.1 Å². The fourth-order valence-corrected chi connectivity index (χ4v) is 2.77. The molecule has 4 nitrogen and oxygen atoms in total. The largest absolute Gasteiger partial charge is 0.467 e. The van der Waals surface area contributed by atoms with Crippen LogP contribution in [0.1, 0.15) is 11.1 Å². The number of halogens is 3. The van der Waals surface area contributed by atoms with E-state index in [4.69, 9.17) is 4.74 Å². The first kappa shape index (κ1) is 19.1. The minimum Gasteiger partial charge on any atom is -0.467 e. The first-order valence-corrected chi connectivity index (χ1v) is 8.25. The average molecular weight is 412 g/mol. The summed E-state index contributed by atoms with van der Waals surface area (Å²) in [4.78, 5) is 24.1. The fraction of sp³-hybridized carbons (Fsp3) is 0.222. The Morgan fingerprint density at radius 3 is 2.36 bits per heavy atom. The van der Waals surface area contributed by atoms with Gasteiger partial charge in [-0.3, -0.25) is 4.79 Å². The van der Waals surface area contributed by atoms with E-state index in [9.17, 15) is 18.4 Å². The number of carbonyl (C=O) groups excluding carboxylic acids is 2. The van der Waals surface area contributed by atoms with Crippen molar-refractivity contribution in [3.63, 3.8) is 0 Å². The Kier molecular flexibility index (Phi) is 6.64. The van der Waals surface area contributed by atoms with E-state index in [1.54, 1.807) is 18.2 Å². The lowest BCUT2D eigenvalue weighted by atomic mass is 10.0. The van der Waals surface area contributed by atoms with E-state index in [-0.39, 0.29) is 12.0 Å². The van der Waals surface area contributed by atoms with Crippen LogP contribution in [0.15, 0.2) is 46.9 Å². The van der Waals surface area contributed by atoms with Crippen LogP contribution >= 0.6 is 15.9 Å². The van der Waals surface area contributed by atoms with Crippen molar-refractivity contribution in [2.45, 2.75) is 18.9 Å². The Morgan fingerprint density at radius 2 is 1.76 bits per heavy atom. The lowest BCUT2D eigenvalue weighted by Crippen LogP contribution is -2.43. The van der Waals surface area contributed by atoms with Gasteiger partial charge in [0.05, 0.1) is 13.5 Å². The number of carbonyl (C=O) groups is 2. The fourth-order valence-electron chi connectivity index (χ4n) is 2.33. The molecule has 0 spiro atoms. The monoisotopic (exact) mass is 411 g/mol. The summed E-state index contributed by atoms with van der Waals surface area (Å²) in [5.41, 5.74) is 0.444. The van der Waals surface area contributed by atoms with Gasteiger partial charge in [0.25, 0.3) is 0 Å². The zero-order valence-corrected chi connectivity index (χ0v) is 15.0. The van der Waals surface area contributed by atoms with Gasteiger partial charge in [0, 0.05) is 16.5 Å². The van der Waals surface area contributed by atoms with E-state index < -0.39 is 36.0 Å². The highest BCUT2D eigenvalue weighted by molar-refractivity contribution is 9.10. The molecule has 0 radical (unpaired) electrons. The molecule has 1 N–H and O–H groups in total. The van der Waals surface area contributed by atoms with Crippen LogP contribution in [-0.4, -0.2) is 25.0 Å². The van der Waals surface area contributed by atoms with Crippen molar-refractivity contribution in [2.24, 2.45) is 0 Å². The number of methoxy groups -OCH3 is 1. The van der Waals surface area contributed by atoms with Gasteiger partial charge in [-0.05, 0) is 23.8 Å². The maximum Gasteiger partial charge on any atom is 0.328 e. The minimum absolute atomic E-state index is 0.180. The lowest BCUT2D eigenvalue weighted by molar-refractivity contribution is -0.145. The number of hydrogen-bond acceptors (Lipinski definition) is 3. The van der Waals surface area contributed by atoms with Gasteiger partial charge in [0.15, 0.2) is 0 Å². The number of amides is 1. The quantitative estimate of drug-likeness (QED) is 0.742. The predicted molar refractivity (Wildman–Crippen MR) is 91.9 cm³/mol. The summed E-state index contributed by atoms with van der Waals surface area (Å²) in [6.07, 6.45) is -0.332. The van der Waals surface area contributed by atoms with Gasteiger partial charge >= 0.3 is 5.97 Å². The molecule has 1 atom stereocenters. The van der Waals surface area contributed by atoms with Gasteiger partial charge in [0.2, 0.25) is 5.91 Å². The smallest absolute Gasteiger partial charge is 0.328 e. The number of esters is 1. The molecule has 0 aliphatic rings. The second-order valence-corrected chi connectivity index (χ2v) is 6.17.